The van der Waals surface area contributed by atoms with Crippen LogP contribution in [-0.2, 0) is 0 Å². The second kappa shape index (κ2) is 8.31. The van der Waals surface area contributed by atoms with Crippen LogP contribution in [0.5, 0.6) is 0 Å². The van der Waals surface area contributed by atoms with Crippen LogP contribution in [0.2, 0.25) is 0 Å². The second-order valence-corrected chi connectivity index (χ2v) is 6.46. The second-order valence-electron chi connectivity index (χ2n) is 6.46. The van der Waals surface area contributed by atoms with Crippen molar-refractivity contribution >= 4 is 23.1 Å². The minimum atomic E-state index is -0.289. The lowest BCUT2D eigenvalue weighted by Gasteiger charge is -2.15. The van der Waals surface area contributed by atoms with Gasteiger partial charge in [-0.1, -0.05) is 30.3 Å². The molecule has 0 aliphatic heterocycles. The highest BCUT2D eigenvalue weighted by molar-refractivity contribution is 6.02. The largest absolute Gasteiger partial charge is 0.378 e. The number of benzene rings is 2. The number of nitrogens with one attached hydrogen (secondary N) is 2. The molecule has 1 aromatic heterocycles. The van der Waals surface area contributed by atoms with Crippen LogP contribution in [0.1, 0.15) is 29.0 Å². The molecule has 2 aromatic carbocycles. The standard InChI is InChI=1S/C21H23N5O/c1-15(16-7-5-4-6-8-16)24-20-14-22-19(13-23-20)21(27)25-17-9-11-18(12-10-17)26(2)3/h4-15H,1-3H3,(H,23,24)(H,25,27). The summed E-state index contributed by atoms with van der Waals surface area (Å²) in [4.78, 5) is 22.9. The van der Waals surface area contributed by atoms with Crippen LogP contribution in [0.3, 0.4) is 0 Å². The molecule has 2 N–H and O–H groups in total. The maximum absolute atomic E-state index is 12.3. The predicted molar refractivity (Wildman–Crippen MR) is 109 cm³/mol. The van der Waals surface area contributed by atoms with Crippen LogP contribution in [0, 0.1) is 0 Å². The Balaban J connectivity index is 1.61. The maximum atomic E-state index is 12.3. The topological polar surface area (TPSA) is 70.2 Å². The molecule has 0 spiro atoms. The lowest BCUT2D eigenvalue weighted by Crippen LogP contribution is -2.15. The van der Waals surface area contributed by atoms with E-state index < -0.39 is 0 Å². The predicted octanol–water partition coefficient (Wildman–Crippen LogP) is 3.97. The molecule has 0 bridgehead atoms. The smallest absolute Gasteiger partial charge is 0.275 e. The highest BCUT2D eigenvalue weighted by atomic mass is 16.1. The minimum absolute atomic E-state index is 0.0930. The van der Waals surface area contributed by atoms with Crippen LogP contribution in [-0.4, -0.2) is 30.0 Å². The third kappa shape index (κ3) is 4.82. The van der Waals surface area contributed by atoms with E-state index in [0.717, 1.165) is 11.3 Å². The zero-order valence-electron chi connectivity index (χ0n) is 15.7. The summed E-state index contributed by atoms with van der Waals surface area (Å²) in [5.41, 5.74) is 3.20. The van der Waals surface area contributed by atoms with Crippen molar-refractivity contribution in [3.8, 4) is 0 Å². The van der Waals surface area contributed by atoms with E-state index in [0.29, 0.717) is 11.5 Å². The van der Waals surface area contributed by atoms with E-state index in [2.05, 4.69) is 39.7 Å². The summed E-state index contributed by atoms with van der Waals surface area (Å²) in [6.07, 6.45) is 3.05. The third-order valence-electron chi connectivity index (χ3n) is 4.19. The summed E-state index contributed by atoms with van der Waals surface area (Å²) in [5.74, 6) is 0.334. The first-order valence-electron chi connectivity index (χ1n) is 8.75. The molecule has 1 atom stereocenters. The molecule has 0 fully saturated rings. The Morgan fingerprint density at radius 3 is 2.26 bits per heavy atom. The Hall–Kier alpha value is -3.41. The number of carbonyl (C=O) groups is 1. The Bertz CT molecular complexity index is 877. The Kier molecular flexibility index (Phi) is 5.66. The number of rotatable bonds is 6. The zero-order valence-corrected chi connectivity index (χ0v) is 15.7. The molecule has 3 rings (SSSR count). The van der Waals surface area contributed by atoms with Crippen molar-refractivity contribution in [3.05, 3.63) is 78.2 Å². The molecular weight excluding hydrogens is 338 g/mol. The molecule has 0 aliphatic carbocycles. The minimum Gasteiger partial charge on any atom is -0.378 e. The van der Waals surface area contributed by atoms with Gasteiger partial charge in [0.25, 0.3) is 5.91 Å². The fraction of sp³-hybridized carbons (Fsp3) is 0.190. The van der Waals surface area contributed by atoms with Gasteiger partial charge < -0.3 is 15.5 Å². The van der Waals surface area contributed by atoms with Gasteiger partial charge in [-0.25, -0.2) is 9.97 Å². The van der Waals surface area contributed by atoms with E-state index in [1.807, 2.05) is 61.5 Å². The van der Waals surface area contributed by atoms with Gasteiger partial charge in [-0.3, -0.25) is 4.79 Å². The number of carbonyl (C=O) groups excluding carboxylic acids is 1. The normalized spacial score (nSPS) is 11.5. The molecule has 6 heteroatoms. The summed E-state index contributed by atoms with van der Waals surface area (Å²) in [7, 11) is 3.94. The van der Waals surface area contributed by atoms with Crippen molar-refractivity contribution < 1.29 is 4.79 Å². The number of hydrogen-bond acceptors (Lipinski definition) is 5. The van der Waals surface area contributed by atoms with Crippen molar-refractivity contribution in [1.29, 1.82) is 0 Å². The van der Waals surface area contributed by atoms with Crippen molar-refractivity contribution in [3.63, 3.8) is 0 Å². The van der Waals surface area contributed by atoms with Crippen molar-refractivity contribution in [2.45, 2.75) is 13.0 Å². The van der Waals surface area contributed by atoms with Gasteiger partial charge >= 0.3 is 0 Å². The summed E-state index contributed by atoms with van der Waals surface area (Å²) in [5, 5.41) is 6.11. The number of hydrogen-bond donors (Lipinski definition) is 2. The summed E-state index contributed by atoms with van der Waals surface area (Å²) in [6.45, 7) is 2.05. The van der Waals surface area contributed by atoms with Crippen LogP contribution in [0.4, 0.5) is 17.2 Å². The molecule has 6 nitrogen and oxygen atoms in total. The highest BCUT2D eigenvalue weighted by Crippen LogP contribution is 2.18. The Morgan fingerprint density at radius 2 is 1.67 bits per heavy atom. The first-order valence-corrected chi connectivity index (χ1v) is 8.75. The van der Waals surface area contributed by atoms with E-state index in [-0.39, 0.29) is 17.6 Å². The van der Waals surface area contributed by atoms with Crippen molar-refractivity contribution in [2.24, 2.45) is 0 Å². The van der Waals surface area contributed by atoms with Gasteiger partial charge in [0.1, 0.15) is 11.5 Å². The average molecular weight is 361 g/mol. The van der Waals surface area contributed by atoms with Crippen molar-refractivity contribution in [2.75, 3.05) is 29.6 Å². The van der Waals surface area contributed by atoms with Crippen LogP contribution >= 0.6 is 0 Å². The van der Waals surface area contributed by atoms with E-state index in [9.17, 15) is 4.79 Å². The van der Waals surface area contributed by atoms with E-state index in [1.165, 1.54) is 6.20 Å². The molecule has 1 unspecified atom stereocenters. The fourth-order valence-corrected chi connectivity index (χ4v) is 2.60. The van der Waals surface area contributed by atoms with Gasteiger partial charge in [-0.2, -0.15) is 0 Å². The Labute approximate surface area is 159 Å². The van der Waals surface area contributed by atoms with E-state index >= 15 is 0 Å². The molecule has 0 saturated heterocycles. The van der Waals surface area contributed by atoms with Gasteiger partial charge in [0.15, 0.2) is 0 Å². The van der Waals surface area contributed by atoms with Crippen LogP contribution in [0.25, 0.3) is 0 Å². The summed E-state index contributed by atoms with van der Waals surface area (Å²) < 4.78 is 0. The van der Waals surface area contributed by atoms with E-state index in [1.54, 1.807) is 6.20 Å². The van der Waals surface area contributed by atoms with Gasteiger partial charge in [-0.15, -0.1) is 0 Å². The number of amides is 1. The quantitative estimate of drug-likeness (QED) is 0.695. The third-order valence-corrected chi connectivity index (χ3v) is 4.19. The first kappa shape index (κ1) is 18.4. The first-order chi connectivity index (χ1) is 13.0. The van der Waals surface area contributed by atoms with Gasteiger partial charge in [0.05, 0.1) is 12.4 Å². The summed E-state index contributed by atoms with van der Waals surface area (Å²) in [6, 6.07) is 17.8. The SMILES string of the molecule is CC(Nc1cnc(C(=O)Nc2ccc(N(C)C)cc2)cn1)c1ccccc1. The monoisotopic (exact) mass is 361 g/mol. The lowest BCUT2D eigenvalue weighted by atomic mass is 10.1. The zero-order chi connectivity index (χ0) is 19.2. The average Bonchev–Trinajstić information content (AvgIpc) is 2.69. The lowest BCUT2D eigenvalue weighted by molar-refractivity contribution is 0.102. The van der Waals surface area contributed by atoms with E-state index in [4.69, 9.17) is 0 Å². The van der Waals surface area contributed by atoms with Gasteiger partial charge in [0.2, 0.25) is 0 Å². The van der Waals surface area contributed by atoms with Crippen LogP contribution < -0.4 is 15.5 Å². The fourth-order valence-electron chi connectivity index (χ4n) is 2.60. The molecule has 3 aromatic rings. The molecule has 27 heavy (non-hydrogen) atoms. The van der Waals surface area contributed by atoms with Gasteiger partial charge in [-0.05, 0) is 36.8 Å². The number of anilines is 3. The molecule has 138 valence electrons. The molecular formula is C21H23N5O. The molecule has 0 aliphatic rings. The molecule has 0 saturated carbocycles. The van der Waals surface area contributed by atoms with Crippen molar-refractivity contribution in [1.82, 2.24) is 9.97 Å². The summed E-state index contributed by atoms with van der Waals surface area (Å²) >= 11 is 0. The number of nitrogens with zero attached hydrogens (tertiary/aromatic N) is 3. The molecule has 0 radical (unpaired) electrons. The Morgan fingerprint density at radius 1 is 0.963 bits per heavy atom. The highest BCUT2D eigenvalue weighted by Gasteiger charge is 2.10. The number of aromatic nitrogens is 2. The van der Waals surface area contributed by atoms with Gasteiger partial charge in [0, 0.05) is 31.5 Å². The molecule has 1 amide bonds. The molecule has 1 heterocycles. The van der Waals surface area contributed by atoms with Crippen LogP contribution in [0.15, 0.2) is 67.0 Å². The maximum Gasteiger partial charge on any atom is 0.275 e.